The molecular formula is C15H27N3O3. The van der Waals surface area contributed by atoms with Crippen LogP contribution in [0.3, 0.4) is 0 Å². The van der Waals surface area contributed by atoms with Crippen LogP contribution in [0.1, 0.15) is 39.0 Å². The van der Waals surface area contributed by atoms with E-state index in [9.17, 15) is 14.7 Å². The summed E-state index contributed by atoms with van der Waals surface area (Å²) in [7, 11) is 0. The highest BCUT2D eigenvalue weighted by molar-refractivity contribution is 5.78. The predicted octanol–water partition coefficient (Wildman–Crippen LogP) is 1.27. The standard InChI is InChI=1S/C15H27N3O3/c1-2-18-8-5-12(10-18)9-16-14(21)17-11-15(13(19)20)6-3-4-7-15/h12H,2-11H2,1H3,(H,19,20)(H2,16,17,21). The molecule has 1 heterocycles. The zero-order valence-electron chi connectivity index (χ0n) is 12.9. The van der Waals surface area contributed by atoms with Gasteiger partial charge in [0.05, 0.1) is 5.41 Å². The quantitative estimate of drug-likeness (QED) is 0.689. The highest BCUT2D eigenvalue weighted by Gasteiger charge is 2.41. The Hall–Kier alpha value is -1.30. The van der Waals surface area contributed by atoms with Crippen molar-refractivity contribution in [3.05, 3.63) is 0 Å². The van der Waals surface area contributed by atoms with Crippen LogP contribution >= 0.6 is 0 Å². The number of carboxylic acid groups (broad SMARTS) is 1. The number of carbonyl (C=O) groups is 2. The van der Waals surface area contributed by atoms with Gasteiger partial charge >= 0.3 is 12.0 Å². The average molecular weight is 297 g/mol. The highest BCUT2D eigenvalue weighted by Crippen LogP contribution is 2.37. The summed E-state index contributed by atoms with van der Waals surface area (Å²) >= 11 is 0. The van der Waals surface area contributed by atoms with E-state index in [1.807, 2.05) is 0 Å². The SMILES string of the molecule is CCN1CCC(CNC(=O)NCC2(C(=O)O)CCCC2)C1. The smallest absolute Gasteiger partial charge is 0.314 e. The second-order valence-corrected chi connectivity index (χ2v) is 6.40. The van der Waals surface area contributed by atoms with Crippen LogP contribution in [0.15, 0.2) is 0 Å². The maximum atomic E-state index is 11.8. The van der Waals surface area contributed by atoms with Gasteiger partial charge in [-0.1, -0.05) is 19.8 Å². The highest BCUT2D eigenvalue weighted by atomic mass is 16.4. The minimum Gasteiger partial charge on any atom is -0.481 e. The molecule has 2 fully saturated rings. The fraction of sp³-hybridized carbons (Fsp3) is 0.867. The third kappa shape index (κ3) is 4.09. The van der Waals surface area contributed by atoms with E-state index in [1.165, 1.54) is 0 Å². The van der Waals surface area contributed by atoms with Crippen LogP contribution < -0.4 is 10.6 Å². The Morgan fingerprint density at radius 3 is 2.57 bits per heavy atom. The van der Waals surface area contributed by atoms with Crippen molar-refractivity contribution in [1.82, 2.24) is 15.5 Å². The zero-order chi connectivity index (χ0) is 15.3. The topological polar surface area (TPSA) is 81.7 Å². The molecule has 1 aliphatic carbocycles. The van der Waals surface area contributed by atoms with E-state index < -0.39 is 11.4 Å². The van der Waals surface area contributed by atoms with Gasteiger partial charge in [0.15, 0.2) is 0 Å². The van der Waals surface area contributed by atoms with Crippen LogP contribution in [-0.2, 0) is 4.79 Å². The van der Waals surface area contributed by atoms with Crippen LogP contribution in [-0.4, -0.2) is 54.7 Å². The maximum Gasteiger partial charge on any atom is 0.314 e. The molecule has 0 radical (unpaired) electrons. The first-order valence-corrected chi connectivity index (χ1v) is 8.03. The lowest BCUT2D eigenvalue weighted by Crippen LogP contribution is -2.46. The lowest BCUT2D eigenvalue weighted by atomic mass is 9.86. The summed E-state index contributed by atoms with van der Waals surface area (Å²) in [5.41, 5.74) is -0.746. The largest absolute Gasteiger partial charge is 0.481 e. The van der Waals surface area contributed by atoms with Gasteiger partial charge in [0.2, 0.25) is 0 Å². The van der Waals surface area contributed by atoms with Gasteiger partial charge < -0.3 is 20.6 Å². The van der Waals surface area contributed by atoms with Gasteiger partial charge in [-0.3, -0.25) is 4.79 Å². The van der Waals surface area contributed by atoms with Crippen molar-refractivity contribution in [2.45, 2.75) is 39.0 Å². The number of carboxylic acids is 1. The number of urea groups is 1. The first-order valence-electron chi connectivity index (χ1n) is 8.03. The number of nitrogens with zero attached hydrogens (tertiary/aromatic N) is 1. The normalized spacial score (nSPS) is 24.9. The van der Waals surface area contributed by atoms with Crippen LogP contribution in [0.5, 0.6) is 0 Å². The Balaban J connectivity index is 1.69. The van der Waals surface area contributed by atoms with Crippen molar-refractivity contribution in [2.75, 3.05) is 32.7 Å². The van der Waals surface area contributed by atoms with Gasteiger partial charge in [-0.15, -0.1) is 0 Å². The number of nitrogens with one attached hydrogen (secondary N) is 2. The molecule has 0 aromatic rings. The first-order chi connectivity index (χ1) is 10.1. The van der Waals surface area contributed by atoms with E-state index in [-0.39, 0.29) is 12.6 Å². The molecule has 120 valence electrons. The third-order valence-corrected chi connectivity index (χ3v) is 4.97. The van der Waals surface area contributed by atoms with E-state index in [2.05, 4.69) is 22.5 Å². The molecule has 1 atom stereocenters. The monoisotopic (exact) mass is 297 g/mol. The Morgan fingerprint density at radius 1 is 1.29 bits per heavy atom. The summed E-state index contributed by atoms with van der Waals surface area (Å²) in [5, 5.41) is 15.0. The van der Waals surface area contributed by atoms with Crippen LogP contribution in [0, 0.1) is 11.3 Å². The molecule has 1 aliphatic heterocycles. The van der Waals surface area contributed by atoms with Gasteiger partial charge in [0, 0.05) is 19.6 Å². The predicted molar refractivity (Wildman–Crippen MR) is 80.2 cm³/mol. The van der Waals surface area contributed by atoms with E-state index in [1.54, 1.807) is 0 Å². The fourth-order valence-corrected chi connectivity index (χ4v) is 3.43. The summed E-state index contributed by atoms with van der Waals surface area (Å²) in [6.45, 7) is 6.25. The number of hydrogen-bond donors (Lipinski definition) is 3. The number of rotatable bonds is 6. The van der Waals surface area contributed by atoms with Crippen molar-refractivity contribution >= 4 is 12.0 Å². The van der Waals surface area contributed by atoms with Crippen LogP contribution in [0.4, 0.5) is 4.79 Å². The van der Waals surface area contributed by atoms with Crippen molar-refractivity contribution < 1.29 is 14.7 Å². The molecule has 0 spiro atoms. The van der Waals surface area contributed by atoms with Crippen molar-refractivity contribution in [2.24, 2.45) is 11.3 Å². The molecule has 6 nitrogen and oxygen atoms in total. The van der Waals surface area contributed by atoms with Gasteiger partial charge in [0.25, 0.3) is 0 Å². The number of likely N-dealkylation sites (tertiary alicyclic amines) is 1. The molecule has 0 aromatic carbocycles. The molecule has 0 aromatic heterocycles. The van der Waals surface area contributed by atoms with Gasteiger partial charge in [-0.2, -0.15) is 0 Å². The van der Waals surface area contributed by atoms with Gasteiger partial charge in [-0.25, -0.2) is 4.79 Å². The summed E-state index contributed by atoms with van der Waals surface area (Å²) in [6.07, 6.45) is 4.32. The van der Waals surface area contributed by atoms with E-state index in [0.717, 1.165) is 38.9 Å². The Labute approximate surface area is 126 Å². The molecule has 21 heavy (non-hydrogen) atoms. The molecule has 1 unspecified atom stereocenters. The van der Waals surface area contributed by atoms with Crippen molar-refractivity contribution in [3.63, 3.8) is 0 Å². The van der Waals surface area contributed by atoms with E-state index in [0.29, 0.717) is 25.3 Å². The molecule has 6 heteroatoms. The second-order valence-electron chi connectivity index (χ2n) is 6.40. The molecule has 2 amide bonds. The molecular weight excluding hydrogens is 270 g/mol. The zero-order valence-corrected chi connectivity index (χ0v) is 12.9. The Morgan fingerprint density at radius 2 is 2.00 bits per heavy atom. The summed E-state index contributed by atoms with van der Waals surface area (Å²) in [5.74, 6) is -0.273. The summed E-state index contributed by atoms with van der Waals surface area (Å²) < 4.78 is 0. The number of aliphatic carboxylic acids is 1. The van der Waals surface area contributed by atoms with Gasteiger partial charge in [0.1, 0.15) is 0 Å². The number of hydrogen-bond acceptors (Lipinski definition) is 3. The third-order valence-electron chi connectivity index (χ3n) is 4.97. The molecule has 1 saturated heterocycles. The number of carbonyl (C=O) groups excluding carboxylic acids is 1. The fourth-order valence-electron chi connectivity index (χ4n) is 3.43. The van der Waals surface area contributed by atoms with Gasteiger partial charge in [-0.05, 0) is 38.3 Å². The lowest BCUT2D eigenvalue weighted by molar-refractivity contribution is -0.148. The van der Waals surface area contributed by atoms with E-state index >= 15 is 0 Å². The minimum absolute atomic E-state index is 0.236. The van der Waals surface area contributed by atoms with Crippen LogP contribution in [0.25, 0.3) is 0 Å². The summed E-state index contributed by atoms with van der Waals surface area (Å²) in [6, 6.07) is -0.238. The average Bonchev–Trinajstić information content (AvgIpc) is 3.12. The second kappa shape index (κ2) is 7.11. The molecule has 0 bridgehead atoms. The Kier molecular flexibility index (Phi) is 5.45. The van der Waals surface area contributed by atoms with Crippen molar-refractivity contribution in [3.8, 4) is 0 Å². The maximum absolute atomic E-state index is 11.8. The van der Waals surface area contributed by atoms with Crippen LogP contribution in [0.2, 0.25) is 0 Å². The van der Waals surface area contributed by atoms with E-state index in [4.69, 9.17) is 0 Å². The number of amides is 2. The summed E-state index contributed by atoms with van der Waals surface area (Å²) in [4.78, 5) is 25.6. The molecule has 2 aliphatic rings. The first kappa shape index (κ1) is 16.1. The molecule has 1 saturated carbocycles. The lowest BCUT2D eigenvalue weighted by Gasteiger charge is -2.24. The minimum atomic E-state index is -0.783. The molecule has 2 rings (SSSR count). The molecule has 3 N–H and O–H groups in total. The van der Waals surface area contributed by atoms with Crippen molar-refractivity contribution in [1.29, 1.82) is 0 Å². The Bertz CT molecular complexity index is 380.